The Labute approximate surface area is 44.6 Å². The molecule has 0 aliphatic rings. The Morgan fingerprint density at radius 3 is 1.00 bits per heavy atom. The molecule has 0 aromatic heterocycles. The quantitative estimate of drug-likeness (QED) is 0.488. The predicted molar refractivity (Wildman–Crippen MR) is 17.9 cm³/mol. The predicted octanol–water partition coefficient (Wildman–Crippen LogP) is -1.26. The van der Waals surface area contributed by atoms with Crippen molar-refractivity contribution in [3.63, 3.8) is 0 Å². The molecular weight excluding hydrogens is 247 g/mol. The van der Waals surface area contributed by atoms with E-state index in [4.69, 9.17) is 2.81 Å². The first-order valence-corrected chi connectivity index (χ1v) is 1.60. The molecule has 7 radical (unpaired) electrons. The fourth-order valence-corrected chi connectivity index (χ4v) is 0. The second-order valence-electron chi connectivity index (χ2n) is 0. The van der Waals surface area contributed by atoms with E-state index < -0.39 is 0 Å². The van der Waals surface area contributed by atoms with Crippen LogP contribution >= 0.6 is 0 Å². The molecule has 0 aliphatic carbocycles. The van der Waals surface area contributed by atoms with Crippen LogP contribution in [0, 0.1) is 0 Å². The summed E-state index contributed by atoms with van der Waals surface area (Å²) in [5.74, 6) is 0. The maximum absolute atomic E-state index is 8.36. The van der Waals surface area contributed by atoms with Gasteiger partial charge in [0.2, 0.25) is 0 Å². The maximum atomic E-state index is 8.36. The molecule has 0 saturated heterocycles. The molecule has 0 fully saturated rings. The summed E-state index contributed by atoms with van der Waals surface area (Å²) in [7, 11) is 0. The van der Waals surface area contributed by atoms with Crippen LogP contribution < -0.4 is 0 Å². The second-order valence-corrected chi connectivity index (χ2v) is 0. The molecule has 0 saturated carbocycles. The van der Waals surface area contributed by atoms with Gasteiger partial charge in [0, 0.05) is 16.8 Å². The van der Waals surface area contributed by atoms with Crippen LogP contribution in [-0.4, -0.2) is 41.5 Å². The van der Waals surface area contributed by atoms with E-state index in [1.54, 1.807) is 0 Å². The van der Waals surface area contributed by atoms with Gasteiger partial charge in [0.1, 0.15) is 0 Å². The van der Waals surface area contributed by atoms with E-state index in [9.17, 15) is 0 Å². The van der Waals surface area contributed by atoms with Gasteiger partial charge in [0.25, 0.3) is 0 Å². The molecule has 0 amide bonds. The van der Waals surface area contributed by atoms with Crippen molar-refractivity contribution in [1.82, 2.24) is 0 Å². The van der Waals surface area contributed by atoms with Crippen LogP contribution in [0.25, 0.3) is 0 Å². The number of rotatable bonds is 0. The van der Waals surface area contributed by atoms with Gasteiger partial charge in [-0.25, -0.2) is 0 Å². The van der Waals surface area contributed by atoms with Crippen LogP contribution in [0.5, 0.6) is 0 Å². The van der Waals surface area contributed by atoms with E-state index >= 15 is 0 Å². The fourth-order valence-electron chi connectivity index (χ4n) is 0. The molecule has 0 N–H and O–H groups in total. The molecular formula is B2BiO. The molecule has 4 heavy (non-hydrogen) atoms. The van der Waals surface area contributed by atoms with Gasteiger partial charge < -0.3 is 0 Å². The van der Waals surface area contributed by atoms with Crippen molar-refractivity contribution in [3.05, 3.63) is 0 Å². The zero-order valence-electron chi connectivity index (χ0n) is 2.01. The zero-order chi connectivity index (χ0) is 2.00. The van der Waals surface area contributed by atoms with Crippen LogP contribution in [0.3, 0.4) is 0 Å². The first kappa shape index (κ1) is 21.3. The zero-order valence-corrected chi connectivity index (χ0v) is 5.49. The third kappa shape index (κ3) is 14.0. The van der Waals surface area contributed by atoms with E-state index in [2.05, 4.69) is 0 Å². The minimum atomic E-state index is 0. The summed E-state index contributed by atoms with van der Waals surface area (Å²) >= 11 is 0.194. The average molecular weight is 247 g/mol. The van der Waals surface area contributed by atoms with Crippen LogP contribution in [0.15, 0.2) is 0 Å². The van der Waals surface area contributed by atoms with Gasteiger partial charge >= 0.3 is 27.5 Å². The summed E-state index contributed by atoms with van der Waals surface area (Å²) < 4.78 is 8.36. The van der Waals surface area contributed by atoms with Gasteiger partial charge in [-0.1, -0.05) is 0 Å². The molecule has 0 aromatic carbocycles. The van der Waals surface area contributed by atoms with Crippen LogP contribution in [0.4, 0.5) is 0 Å². The molecule has 1 nitrogen and oxygen atoms in total. The Bertz CT molecular complexity index is 6.00. The van der Waals surface area contributed by atoms with Crippen LogP contribution in [0.1, 0.15) is 0 Å². The van der Waals surface area contributed by atoms with Crippen molar-refractivity contribution < 1.29 is 2.81 Å². The minimum absolute atomic E-state index is 0. The standard InChI is InChI=1S/2B.Bi.O. The van der Waals surface area contributed by atoms with E-state index in [0.717, 1.165) is 0 Å². The van der Waals surface area contributed by atoms with E-state index in [1.165, 1.54) is 0 Å². The Morgan fingerprint density at radius 1 is 1.00 bits per heavy atom. The SMILES string of the molecule is [B].[B].[O]=[Bi]. The third-order valence-corrected chi connectivity index (χ3v) is 0. The first-order valence-electron chi connectivity index (χ1n) is 0.183. The molecule has 17 valence electrons. The number of hydrogen-bond acceptors (Lipinski definition) is 1. The van der Waals surface area contributed by atoms with Crippen molar-refractivity contribution >= 4 is 41.5 Å². The van der Waals surface area contributed by atoms with Crippen molar-refractivity contribution in [2.45, 2.75) is 0 Å². The van der Waals surface area contributed by atoms with Gasteiger partial charge in [-0.05, 0) is 0 Å². The molecule has 0 aliphatic heterocycles. The first-order chi connectivity index (χ1) is 1.00. The second kappa shape index (κ2) is 45.6. The normalized spacial score (nSPS) is 1.00. The summed E-state index contributed by atoms with van der Waals surface area (Å²) in [4.78, 5) is 0. The van der Waals surface area contributed by atoms with Crippen LogP contribution in [-0.2, 0) is 2.81 Å². The molecule has 0 spiro atoms. The Hall–Kier alpha value is 0.813. The third-order valence-electron chi connectivity index (χ3n) is 0. The Kier molecular flexibility index (Phi) is 243. The Balaban J connectivity index is -0.00000000500. The van der Waals surface area contributed by atoms with Gasteiger partial charge in [0.15, 0.2) is 0 Å². The molecule has 0 atom stereocenters. The summed E-state index contributed by atoms with van der Waals surface area (Å²) in [5, 5.41) is 0. The average Bonchev–Trinajstić information content (AvgIpc) is 1.00. The van der Waals surface area contributed by atoms with E-state index in [-0.39, 0.29) is 41.5 Å². The molecule has 0 heterocycles. The monoisotopic (exact) mass is 247 g/mol. The fraction of sp³-hybridized carbons (Fsp3) is 0. The van der Waals surface area contributed by atoms with Gasteiger partial charge in [0.05, 0.1) is 0 Å². The van der Waals surface area contributed by atoms with E-state index in [1.807, 2.05) is 0 Å². The topological polar surface area (TPSA) is 17.1 Å². The van der Waals surface area contributed by atoms with E-state index in [0.29, 0.717) is 0 Å². The molecule has 4 heteroatoms. The molecule has 0 aromatic rings. The molecule has 0 unspecified atom stereocenters. The van der Waals surface area contributed by atoms with Crippen LogP contribution in [0.2, 0.25) is 0 Å². The van der Waals surface area contributed by atoms with Crippen molar-refractivity contribution in [2.75, 3.05) is 0 Å². The Morgan fingerprint density at radius 2 is 1.00 bits per heavy atom. The molecule has 0 bridgehead atoms. The molecule has 0 rings (SSSR count). The summed E-state index contributed by atoms with van der Waals surface area (Å²) in [6, 6.07) is 0. The van der Waals surface area contributed by atoms with Gasteiger partial charge in [-0.2, -0.15) is 0 Å². The van der Waals surface area contributed by atoms with Crippen molar-refractivity contribution in [2.24, 2.45) is 0 Å². The summed E-state index contributed by atoms with van der Waals surface area (Å²) in [6.07, 6.45) is 0. The summed E-state index contributed by atoms with van der Waals surface area (Å²) in [6.45, 7) is 0. The van der Waals surface area contributed by atoms with Crippen molar-refractivity contribution in [1.29, 1.82) is 0 Å². The van der Waals surface area contributed by atoms with Crippen molar-refractivity contribution in [3.8, 4) is 0 Å². The number of hydrogen-bond donors (Lipinski definition) is 0. The van der Waals surface area contributed by atoms with Gasteiger partial charge in [-0.3, -0.25) is 0 Å². The van der Waals surface area contributed by atoms with Gasteiger partial charge in [-0.15, -0.1) is 0 Å². The summed E-state index contributed by atoms with van der Waals surface area (Å²) in [5.41, 5.74) is 0.